The molecule has 0 aliphatic rings. The zero-order valence-corrected chi connectivity index (χ0v) is 6.07. The van der Waals surface area contributed by atoms with Crippen molar-refractivity contribution >= 4 is 22.4 Å². The monoisotopic (exact) mass is 157 g/mol. The Morgan fingerprint density at radius 1 is 1.80 bits per heavy atom. The minimum atomic E-state index is -1.27. The SMILES string of the molecule is Cc1sc(N)nc1C(=O)[O-]. The number of aromatic carboxylic acids is 1. The summed E-state index contributed by atoms with van der Waals surface area (Å²) >= 11 is 1.14. The lowest BCUT2D eigenvalue weighted by molar-refractivity contribution is -0.255. The topological polar surface area (TPSA) is 79.0 Å². The second-order valence-electron chi connectivity index (χ2n) is 1.74. The van der Waals surface area contributed by atoms with Gasteiger partial charge in [-0.2, -0.15) is 0 Å². The highest BCUT2D eigenvalue weighted by Crippen LogP contribution is 2.17. The van der Waals surface area contributed by atoms with Gasteiger partial charge in [0.25, 0.3) is 0 Å². The quantitative estimate of drug-likeness (QED) is 0.590. The molecule has 0 aromatic carbocycles. The highest BCUT2D eigenvalue weighted by Gasteiger charge is 2.04. The molecule has 0 fully saturated rings. The number of anilines is 1. The zero-order chi connectivity index (χ0) is 7.72. The number of aromatic nitrogens is 1. The predicted molar refractivity (Wildman–Crippen MR) is 35.6 cm³/mol. The van der Waals surface area contributed by atoms with Crippen molar-refractivity contribution in [3.05, 3.63) is 10.6 Å². The van der Waals surface area contributed by atoms with E-state index >= 15 is 0 Å². The highest BCUT2D eigenvalue weighted by molar-refractivity contribution is 7.15. The number of hydrogen-bond donors (Lipinski definition) is 1. The fourth-order valence-corrected chi connectivity index (χ4v) is 1.28. The fourth-order valence-electron chi connectivity index (χ4n) is 0.606. The normalized spacial score (nSPS) is 9.70. The van der Waals surface area contributed by atoms with Crippen molar-refractivity contribution in [2.45, 2.75) is 6.92 Å². The van der Waals surface area contributed by atoms with Gasteiger partial charge in [-0.25, -0.2) is 4.98 Å². The first-order valence-electron chi connectivity index (χ1n) is 2.55. The van der Waals surface area contributed by atoms with E-state index in [-0.39, 0.29) is 10.8 Å². The molecule has 1 aromatic rings. The van der Waals surface area contributed by atoms with Crippen LogP contribution in [0.2, 0.25) is 0 Å². The van der Waals surface area contributed by atoms with Crippen LogP contribution in [0.25, 0.3) is 0 Å². The van der Waals surface area contributed by atoms with E-state index in [1.54, 1.807) is 6.92 Å². The van der Waals surface area contributed by atoms with Crippen LogP contribution in [0.15, 0.2) is 0 Å². The van der Waals surface area contributed by atoms with Gasteiger partial charge in [-0.3, -0.25) is 0 Å². The van der Waals surface area contributed by atoms with Crippen molar-refractivity contribution in [3.8, 4) is 0 Å². The maximum absolute atomic E-state index is 10.2. The third-order valence-electron chi connectivity index (χ3n) is 1.01. The molecule has 1 rings (SSSR count). The number of aryl methyl sites for hydroxylation is 1. The van der Waals surface area contributed by atoms with Gasteiger partial charge in [0.2, 0.25) is 0 Å². The Labute approximate surface area is 61.3 Å². The smallest absolute Gasteiger partial charge is 0.180 e. The first-order chi connectivity index (χ1) is 4.61. The zero-order valence-electron chi connectivity index (χ0n) is 5.25. The lowest BCUT2D eigenvalue weighted by Gasteiger charge is -1.95. The van der Waals surface area contributed by atoms with Gasteiger partial charge in [0.05, 0.1) is 5.97 Å². The second-order valence-corrected chi connectivity index (χ2v) is 2.98. The second kappa shape index (κ2) is 2.26. The van der Waals surface area contributed by atoms with Gasteiger partial charge in [-0.15, -0.1) is 11.3 Å². The Bertz CT molecular complexity index is 269. The molecule has 2 N–H and O–H groups in total. The minimum Gasteiger partial charge on any atom is -0.543 e. The van der Waals surface area contributed by atoms with Crippen LogP contribution in [-0.4, -0.2) is 11.0 Å². The molecule has 5 heteroatoms. The third-order valence-corrected chi connectivity index (χ3v) is 1.81. The minimum absolute atomic E-state index is 0.0532. The maximum Gasteiger partial charge on any atom is 0.180 e. The van der Waals surface area contributed by atoms with E-state index in [2.05, 4.69) is 4.98 Å². The van der Waals surface area contributed by atoms with Crippen LogP contribution < -0.4 is 10.8 Å². The first-order valence-corrected chi connectivity index (χ1v) is 3.37. The highest BCUT2D eigenvalue weighted by atomic mass is 32.1. The number of hydrogen-bond acceptors (Lipinski definition) is 5. The molecule has 54 valence electrons. The van der Waals surface area contributed by atoms with E-state index in [1.165, 1.54) is 0 Å². The number of nitrogens with zero attached hydrogens (tertiary/aromatic N) is 1. The molecule has 4 nitrogen and oxygen atoms in total. The molecule has 10 heavy (non-hydrogen) atoms. The molecule has 1 aromatic heterocycles. The number of carboxylic acids is 1. The van der Waals surface area contributed by atoms with E-state index in [9.17, 15) is 9.90 Å². The van der Waals surface area contributed by atoms with Gasteiger partial charge in [0.1, 0.15) is 5.69 Å². The number of nitrogen functional groups attached to an aromatic ring is 1. The van der Waals surface area contributed by atoms with Crippen molar-refractivity contribution < 1.29 is 9.90 Å². The Balaban J connectivity index is 3.15. The van der Waals surface area contributed by atoms with Gasteiger partial charge in [-0.1, -0.05) is 0 Å². The summed E-state index contributed by atoms with van der Waals surface area (Å²) in [5.74, 6) is -1.27. The lowest BCUT2D eigenvalue weighted by Crippen LogP contribution is -2.23. The average Bonchev–Trinajstić information content (AvgIpc) is 2.10. The third kappa shape index (κ3) is 1.08. The molecule has 0 aliphatic carbocycles. The molecule has 0 atom stereocenters. The summed E-state index contributed by atoms with van der Waals surface area (Å²) in [5, 5.41) is 10.5. The largest absolute Gasteiger partial charge is 0.543 e. The lowest BCUT2D eigenvalue weighted by atomic mass is 10.4. The summed E-state index contributed by atoms with van der Waals surface area (Å²) in [4.78, 5) is 14.3. The molecule has 0 bridgehead atoms. The van der Waals surface area contributed by atoms with E-state index in [0.29, 0.717) is 4.88 Å². The maximum atomic E-state index is 10.2. The van der Waals surface area contributed by atoms with Crippen molar-refractivity contribution in [1.29, 1.82) is 0 Å². The predicted octanol–water partition coefficient (Wildman–Crippen LogP) is -0.603. The van der Waals surface area contributed by atoms with E-state index in [1.807, 2.05) is 0 Å². The first kappa shape index (κ1) is 7.01. The summed E-state index contributed by atoms with van der Waals surface area (Å²) in [5.41, 5.74) is 5.18. The number of nitrogens with two attached hydrogens (primary N) is 1. The van der Waals surface area contributed by atoms with E-state index in [0.717, 1.165) is 11.3 Å². The average molecular weight is 157 g/mol. The van der Waals surface area contributed by atoms with Crippen LogP contribution in [0, 0.1) is 6.92 Å². The van der Waals surface area contributed by atoms with Crippen LogP contribution in [-0.2, 0) is 0 Å². The van der Waals surface area contributed by atoms with Crippen molar-refractivity contribution in [2.75, 3.05) is 5.73 Å². The van der Waals surface area contributed by atoms with Gasteiger partial charge in [0, 0.05) is 4.88 Å². The Morgan fingerprint density at radius 2 is 2.40 bits per heavy atom. The van der Waals surface area contributed by atoms with Crippen LogP contribution in [0.1, 0.15) is 15.4 Å². The standard InChI is InChI=1S/C5H6N2O2S/c1-2-3(4(8)9)7-5(6)10-2/h1H3,(H2,6,7)(H,8,9)/p-1. The summed E-state index contributed by atoms with van der Waals surface area (Å²) in [6, 6.07) is 0. The molecule has 1 heterocycles. The number of carbonyl (C=O) groups is 1. The molecule has 0 unspecified atom stereocenters. The Kier molecular flexibility index (Phi) is 1.58. The van der Waals surface area contributed by atoms with E-state index < -0.39 is 5.97 Å². The van der Waals surface area contributed by atoms with Crippen LogP contribution in [0.5, 0.6) is 0 Å². The fraction of sp³-hybridized carbons (Fsp3) is 0.200. The summed E-state index contributed by atoms with van der Waals surface area (Å²) < 4.78 is 0. The molecule has 0 spiro atoms. The van der Waals surface area contributed by atoms with Gasteiger partial charge in [-0.05, 0) is 6.92 Å². The molecule has 0 saturated carbocycles. The van der Waals surface area contributed by atoms with Crippen molar-refractivity contribution in [3.63, 3.8) is 0 Å². The number of rotatable bonds is 1. The molecule has 0 saturated heterocycles. The molecular weight excluding hydrogens is 152 g/mol. The van der Waals surface area contributed by atoms with Crippen LogP contribution >= 0.6 is 11.3 Å². The van der Waals surface area contributed by atoms with Crippen LogP contribution in [0.4, 0.5) is 5.13 Å². The molecule has 0 radical (unpaired) electrons. The Morgan fingerprint density at radius 3 is 2.60 bits per heavy atom. The van der Waals surface area contributed by atoms with Crippen molar-refractivity contribution in [1.82, 2.24) is 4.98 Å². The summed E-state index contributed by atoms with van der Waals surface area (Å²) in [7, 11) is 0. The molecular formula is C5H5N2O2S-. The number of carboxylic acid groups (broad SMARTS) is 1. The Hall–Kier alpha value is -1.10. The summed E-state index contributed by atoms with van der Waals surface area (Å²) in [6.45, 7) is 1.64. The van der Waals surface area contributed by atoms with E-state index in [4.69, 9.17) is 5.73 Å². The van der Waals surface area contributed by atoms with Crippen LogP contribution in [0.3, 0.4) is 0 Å². The van der Waals surface area contributed by atoms with Gasteiger partial charge in [0.15, 0.2) is 5.13 Å². The summed E-state index contributed by atoms with van der Waals surface area (Å²) in [6.07, 6.45) is 0. The van der Waals surface area contributed by atoms with Gasteiger partial charge >= 0.3 is 0 Å². The van der Waals surface area contributed by atoms with Crippen molar-refractivity contribution in [2.24, 2.45) is 0 Å². The number of thiazole rings is 1. The molecule has 0 aliphatic heterocycles. The van der Waals surface area contributed by atoms with Gasteiger partial charge < -0.3 is 15.6 Å². The molecule has 0 amide bonds. The number of carbonyl (C=O) groups excluding carboxylic acids is 1.